The average Bonchev–Trinajstić information content (AvgIpc) is 2.09. The van der Waals surface area contributed by atoms with Gasteiger partial charge in [-0.05, 0) is 20.3 Å². The zero-order valence-electron chi connectivity index (χ0n) is 10.0. The van der Waals surface area contributed by atoms with Crippen LogP contribution in [0.5, 0.6) is 0 Å². The molecule has 0 saturated carbocycles. The summed E-state index contributed by atoms with van der Waals surface area (Å²) in [4.78, 5) is 11.2. The van der Waals surface area contributed by atoms with Gasteiger partial charge in [-0.2, -0.15) is 0 Å². The van der Waals surface area contributed by atoms with E-state index in [1.165, 1.54) is 6.04 Å². The molecule has 2 nitrogen and oxygen atoms in total. The molecular weight excluding hydrogens is 192 g/mol. The van der Waals surface area contributed by atoms with Crippen LogP contribution in [0.3, 0.4) is 0 Å². The van der Waals surface area contributed by atoms with E-state index in [-0.39, 0.29) is 5.97 Å². The second kappa shape index (κ2) is 6.01. The Kier molecular flexibility index (Phi) is 5.77. The Balaban J connectivity index is 3.61. The second-order valence-corrected chi connectivity index (χ2v) is 10.4. The average molecular weight is 214 g/mol. The normalized spacial score (nSPS) is 12.8. The van der Waals surface area contributed by atoms with Crippen LogP contribution >= 0.6 is 0 Å². The highest BCUT2D eigenvalue weighted by Crippen LogP contribution is 2.11. The van der Waals surface area contributed by atoms with E-state index >= 15 is 0 Å². The van der Waals surface area contributed by atoms with Gasteiger partial charge in [0.1, 0.15) is 0 Å². The summed E-state index contributed by atoms with van der Waals surface area (Å²) in [5.41, 5.74) is 0.693. The van der Waals surface area contributed by atoms with Crippen molar-refractivity contribution in [1.29, 1.82) is 0 Å². The van der Waals surface area contributed by atoms with E-state index in [0.29, 0.717) is 12.2 Å². The van der Waals surface area contributed by atoms with Crippen LogP contribution in [-0.2, 0) is 9.53 Å². The molecule has 0 heterocycles. The van der Waals surface area contributed by atoms with E-state index in [0.717, 1.165) is 6.42 Å². The molecule has 0 unspecified atom stereocenters. The number of carbonyl (C=O) groups is 1. The molecule has 0 spiro atoms. The quantitative estimate of drug-likeness (QED) is 0.304. The molecule has 3 heteroatoms. The van der Waals surface area contributed by atoms with E-state index in [2.05, 4.69) is 19.6 Å². The Hall–Kier alpha value is -0.573. The molecule has 0 bridgehead atoms. The molecule has 0 aliphatic heterocycles. The van der Waals surface area contributed by atoms with Crippen molar-refractivity contribution < 1.29 is 9.53 Å². The summed E-state index contributed by atoms with van der Waals surface area (Å²) in [6.07, 6.45) is 2.78. The lowest BCUT2D eigenvalue weighted by Crippen LogP contribution is -2.20. The monoisotopic (exact) mass is 214 g/mol. The van der Waals surface area contributed by atoms with E-state index in [1.54, 1.807) is 13.0 Å². The van der Waals surface area contributed by atoms with E-state index in [9.17, 15) is 4.79 Å². The molecule has 0 N–H and O–H groups in total. The summed E-state index contributed by atoms with van der Waals surface area (Å²) in [5, 5.41) is 0. The third-order valence-electron chi connectivity index (χ3n) is 2.06. The summed E-state index contributed by atoms with van der Waals surface area (Å²) in [5.74, 6) is -0.178. The number of hydrogen-bond donors (Lipinski definition) is 0. The molecule has 0 radical (unpaired) electrons. The Bertz CT molecular complexity index is 214. The van der Waals surface area contributed by atoms with Crippen LogP contribution in [-0.4, -0.2) is 20.7 Å². The Labute approximate surface area is 88.4 Å². The molecule has 0 rings (SSSR count). The van der Waals surface area contributed by atoms with Crippen LogP contribution in [0.25, 0.3) is 0 Å². The van der Waals surface area contributed by atoms with Crippen molar-refractivity contribution >= 4 is 14.0 Å². The highest BCUT2D eigenvalue weighted by atomic mass is 28.3. The molecule has 0 saturated heterocycles. The molecular formula is C11H22O2Si. The van der Waals surface area contributed by atoms with Gasteiger partial charge in [-0.25, -0.2) is 4.79 Å². The number of esters is 1. The second-order valence-electron chi connectivity index (χ2n) is 4.77. The van der Waals surface area contributed by atoms with Gasteiger partial charge in [-0.3, -0.25) is 0 Å². The van der Waals surface area contributed by atoms with Crippen LogP contribution in [0.1, 0.15) is 20.3 Å². The van der Waals surface area contributed by atoms with E-state index < -0.39 is 8.07 Å². The standard InChI is InChI=1S/C11H22O2Si/c1-6-10(2)11(12)13-8-7-9-14(3,4)5/h6H,7-9H2,1-5H3. The summed E-state index contributed by atoms with van der Waals surface area (Å²) in [6, 6.07) is 1.22. The summed E-state index contributed by atoms with van der Waals surface area (Å²) >= 11 is 0. The maximum absolute atomic E-state index is 11.2. The molecule has 0 amide bonds. The fourth-order valence-corrected chi connectivity index (χ4v) is 2.20. The molecule has 14 heavy (non-hydrogen) atoms. The summed E-state index contributed by atoms with van der Waals surface area (Å²) in [6.45, 7) is 11.2. The van der Waals surface area contributed by atoms with Gasteiger partial charge in [-0.15, -0.1) is 0 Å². The van der Waals surface area contributed by atoms with Gasteiger partial charge in [0.25, 0.3) is 0 Å². The third kappa shape index (κ3) is 6.89. The highest BCUT2D eigenvalue weighted by Gasteiger charge is 2.12. The first-order valence-corrected chi connectivity index (χ1v) is 8.87. The number of carbonyl (C=O) groups excluding carboxylic acids is 1. The van der Waals surface area contributed by atoms with Crippen LogP contribution < -0.4 is 0 Å². The summed E-state index contributed by atoms with van der Waals surface area (Å²) in [7, 11) is -0.971. The van der Waals surface area contributed by atoms with Crippen LogP contribution in [0.2, 0.25) is 25.7 Å². The van der Waals surface area contributed by atoms with Crippen LogP contribution in [0, 0.1) is 0 Å². The third-order valence-corrected chi connectivity index (χ3v) is 3.91. The number of ether oxygens (including phenoxy) is 1. The molecule has 0 aliphatic rings. The van der Waals surface area contributed by atoms with Gasteiger partial charge in [0.15, 0.2) is 0 Å². The Morgan fingerprint density at radius 2 is 1.93 bits per heavy atom. The van der Waals surface area contributed by atoms with Crippen molar-refractivity contribution in [3.8, 4) is 0 Å². The first-order chi connectivity index (χ1) is 6.37. The topological polar surface area (TPSA) is 26.3 Å². The smallest absolute Gasteiger partial charge is 0.333 e. The van der Waals surface area contributed by atoms with Gasteiger partial charge in [0.2, 0.25) is 0 Å². The molecule has 0 aromatic rings. The minimum Gasteiger partial charge on any atom is -0.462 e. The van der Waals surface area contributed by atoms with Crippen molar-refractivity contribution in [1.82, 2.24) is 0 Å². The highest BCUT2D eigenvalue weighted by molar-refractivity contribution is 6.76. The molecule has 82 valence electrons. The lowest BCUT2D eigenvalue weighted by Gasteiger charge is -2.15. The maximum atomic E-state index is 11.2. The fraction of sp³-hybridized carbons (Fsp3) is 0.727. The van der Waals surface area contributed by atoms with E-state index in [1.807, 2.05) is 6.92 Å². The predicted molar refractivity (Wildman–Crippen MR) is 63.2 cm³/mol. The van der Waals surface area contributed by atoms with Crippen LogP contribution in [0.15, 0.2) is 11.6 Å². The van der Waals surface area contributed by atoms with Crippen molar-refractivity contribution in [3.63, 3.8) is 0 Å². The van der Waals surface area contributed by atoms with Gasteiger partial charge in [0.05, 0.1) is 6.61 Å². The largest absolute Gasteiger partial charge is 0.462 e. The van der Waals surface area contributed by atoms with Crippen molar-refractivity contribution in [3.05, 3.63) is 11.6 Å². The lowest BCUT2D eigenvalue weighted by atomic mass is 10.3. The molecule has 0 aromatic carbocycles. The fourth-order valence-electron chi connectivity index (χ4n) is 0.999. The maximum Gasteiger partial charge on any atom is 0.333 e. The van der Waals surface area contributed by atoms with E-state index in [4.69, 9.17) is 4.74 Å². The lowest BCUT2D eigenvalue weighted by molar-refractivity contribution is -0.138. The number of hydrogen-bond acceptors (Lipinski definition) is 2. The molecule has 0 atom stereocenters. The van der Waals surface area contributed by atoms with Crippen molar-refractivity contribution in [2.24, 2.45) is 0 Å². The minimum absolute atomic E-state index is 0.178. The molecule has 0 fully saturated rings. The molecule has 0 aliphatic carbocycles. The molecule has 0 aromatic heterocycles. The first-order valence-electron chi connectivity index (χ1n) is 5.17. The van der Waals surface area contributed by atoms with Crippen molar-refractivity contribution in [2.45, 2.75) is 46.0 Å². The SMILES string of the molecule is CC=C(C)C(=O)OCCC[Si](C)(C)C. The number of rotatable bonds is 5. The number of allylic oxidation sites excluding steroid dienone is 1. The zero-order chi connectivity index (χ0) is 11.2. The first kappa shape index (κ1) is 13.4. The Morgan fingerprint density at radius 1 is 1.36 bits per heavy atom. The predicted octanol–water partition coefficient (Wildman–Crippen LogP) is 3.22. The summed E-state index contributed by atoms with van der Waals surface area (Å²) < 4.78 is 5.11. The van der Waals surface area contributed by atoms with Gasteiger partial charge < -0.3 is 4.74 Å². The minimum atomic E-state index is -0.971. The Morgan fingerprint density at radius 3 is 2.36 bits per heavy atom. The van der Waals surface area contributed by atoms with Gasteiger partial charge in [-0.1, -0.05) is 31.8 Å². The van der Waals surface area contributed by atoms with Crippen LogP contribution in [0.4, 0.5) is 0 Å². The zero-order valence-corrected chi connectivity index (χ0v) is 11.0. The van der Waals surface area contributed by atoms with Gasteiger partial charge in [0, 0.05) is 13.6 Å². The van der Waals surface area contributed by atoms with Crippen molar-refractivity contribution in [2.75, 3.05) is 6.61 Å². The van der Waals surface area contributed by atoms with Gasteiger partial charge >= 0.3 is 5.97 Å².